The number of hydrogen-bond acceptors (Lipinski definition) is 6. The van der Waals surface area contributed by atoms with E-state index in [-0.39, 0.29) is 24.3 Å². The molecule has 1 aliphatic heterocycles. The topological polar surface area (TPSA) is 95.9 Å². The molecular formula is C21H22N2O5S. The van der Waals surface area contributed by atoms with Gasteiger partial charge in [-0.25, -0.2) is 13.5 Å². The number of ether oxygens (including phenoxy) is 1. The number of amides is 1. The van der Waals surface area contributed by atoms with E-state index in [1.807, 2.05) is 18.2 Å². The standard InChI is InChI=1S/C21H22N2O5S/c1-2-16-23(25)20(24)21(12-14-22-15-13-21)29(26,27)19-10-8-18(9-11-19)28-17-6-4-3-5-7-17/h1,3-11,22,25H,12-16H2. The number of nitrogens with one attached hydrogen (secondary N) is 1. The summed E-state index contributed by atoms with van der Waals surface area (Å²) in [6.07, 6.45) is 5.24. The predicted octanol–water partition coefficient (Wildman–Crippen LogP) is 2.23. The number of carbonyl (C=O) groups is 1. The van der Waals surface area contributed by atoms with Gasteiger partial charge in [-0.3, -0.25) is 10.0 Å². The first kappa shape index (κ1) is 20.9. The van der Waals surface area contributed by atoms with Crippen molar-refractivity contribution in [2.75, 3.05) is 19.6 Å². The fourth-order valence-corrected chi connectivity index (χ4v) is 5.38. The van der Waals surface area contributed by atoms with Crippen LogP contribution in [-0.2, 0) is 14.6 Å². The van der Waals surface area contributed by atoms with Gasteiger partial charge in [0.25, 0.3) is 5.91 Å². The number of piperidine rings is 1. The van der Waals surface area contributed by atoms with Crippen LogP contribution in [0.1, 0.15) is 12.8 Å². The smallest absolute Gasteiger partial charge is 0.268 e. The molecule has 2 aromatic rings. The van der Waals surface area contributed by atoms with Crippen LogP contribution in [0.15, 0.2) is 59.5 Å². The molecule has 1 saturated heterocycles. The molecule has 0 saturated carbocycles. The van der Waals surface area contributed by atoms with Gasteiger partial charge in [0.15, 0.2) is 14.6 Å². The van der Waals surface area contributed by atoms with E-state index in [0.29, 0.717) is 29.7 Å². The van der Waals surface area contributed by atoms with Gasteiger partial charge in [0.2, 0.25) is 0 Å². The Kier molecular flexibility index (Phi) is 6.23. The van der Waals surface area contributed by atoms with Crippen molar-refractivity contribution in [1.82, 2.24) is 10.4 Å². The van der Waals surface area contributed by atoms with Crippen LogP contribution in [0, 0.1) is 12.3 Å². The number of carbonyl (C=O) groups excluding carboxylic acids is 1. The molecule has 1 fully saturated rings. The molecule has 0 spiro atoms. The van der Waals surface area contributed by atoms with Crippen LogP contribution < -0.4 is 10.1 Å². The maximum absolute atomic E-state index is 13.5. The highest BCUT2D eigenvalue weighted by molar-refractivity contribution is 7.93. The number of sulfone groups is 1. The lowest BCUT2D eigenvalue weighted by Gasteiger charge is -2.37. The van der Waals surface area contributed by atoms with E-state index < -0.39 is 20.5 Å². The number of terminal acetylenes is 1. The molecule has 2 aromatic carbocycles. The Labute approximate surface area is 170 Å². The number of benzene rings is 2. The summed E-state index contributed by atoms with van der Waals surface area (Å²) in [5, 5.41) is 13.4. The van der Waals surface area contributed by atoms with Gasteiger partial charge in [0.1, 0.15) is 18.0 Å². The Morgan fingerprint density at radius 2 is 1.69 bits per heavy atom. The Bertz CT molecular complexity index is 992. The first-order valence-corrected chi connectivity index (χ1v) is 10.6. The highest BCUT2D eigenvalue weighted by Crippen LogP contribution is 2.36. The summed E-state index contributed by atoms with van der Waals surface area (Å²) in [5.74, 6) is 2.35. The van der Waals surface area contributed by atoms with Crippen molar-refractivity contribution in [2.45, 2.75) is 22.5 Å². The minimum absolute atomic E-state index is 0.0118. The molecule has 152 valence electrons. The number of nitrogens with zero attached hydrogens (tertiary/aromatic N) is 1. The zero-order chi connectivity index (χ0) is 20.9. The third-order valence-electron chi connectivity index (χ3n) is 4.90. The molecule has 0 bridgehead atoms. The molecule has 0 unspecified atom stereocenters. The molecule has 1 aliphatic rings. The number of hydroxylamine groups is 2. The van der Waals surface area contributed by atoms with Crippen LogP contribution in [0.25, 0.3) is 0 Å². The Morgan fingerprint density at radius 3 is 2.28 bits per heavy atom. The van der Waals surface area contributed by atoms with Crippen molar-refractivity contribution in [3.63, 3.8) is 0 Å². The zero-order valence-corrected chi connectivity index (χ0v) is 16.6. The second-order valence-electron chi connectivity index (χ2n) is 6.70. The number of rotatable bonds is 6. The van der Waals surface area contributed by atoms with Gasteiger partial charge in [0, 0.05) is 0 Å². The summed E-state index contributed by atoms with van der Waals surface area (Å²) in [6.45, 7) is 0.293. The Balaban J connectivity index is 1.92. The fraction of sp³-hybridized carbons (Fsp3) is 0.286. The number of hydrogen-bond donors (Lipinski definition) is 2. The molecule has 3 rings (SSSR count). The third kappa shape index (κ3) is 4.12. The first-order chi connectivity index (χ1) is 13.9. The van der Waals surface area contributed by atoms with E-state index in [9.17, 15) is 18.4 Å². The fourth-order valence-electron chi connectivity index (χ4n) is 3.36. The maximum atomic E-state index is 13.5. The minimum atomic E-state index is -4.09. The van der Waals surface area contributed by atoms with Crippen LogP contribution in [0.3, 0.4) is 0 Å². The average molecular weight is 414 g/mol. The van der Waals surface area contributed by atoms with Gasteiger partial charge in [-0.1, -0.05) is 24.1 Å². The number of para-hydroxylation sites is 1. The summed E-state index contributed by atoms with van der Waals surface area (Å²) in [7, 11) is -4.09. The summed E-state index contributed by atoms with van der Waals surface area (Å²) in [4.78, 5) is 12.9. The van der Waals surface area contributed by atoms with Gasteiger partial charge in [0.05, 0.1) is 4.90 Å². The van der Waals surface area contributed by atoms with Gasteiger partial charge in [-0.05, 0) is 62.3 Å². The summed E-state index contributed by atoms with van der Waals surface area (Å²) in [5.41, 5.74) is 0. The molecule has 7 nitrogen and oxygen atoms in total. The summed E-state index contributed by atoms with van der Waals surface area (Å²) in [6, 6.07) is 15.0. The van der Waals surface area contributed by atoms with E-state index in [4.69, 9.17) is 11.2 Å². The van der Waals surface area contributed by atoms with Crippen LogP contribution >= 0.6 is 0 Å². The SMILES string of the molecule is C#CCN(O)C(=O)C1(S(=O)(=O)c2ccc(Oc3ccccc3)cc2)CCNCC1. The molecule has 2 N–H and O–H groups in total. The minimum Gasteiger partial charge on any atom is -0.457 e. The molecule has 1 amide bonds. The molecular weight excluding hydrogens is 392 g/mol. The monoisotopic (exact) mass is 414 g/mol. The van der Waals surface area contributed by atoms with Crippen LogP contribution in [-0.4, -0.2) is 49.0 Å². The van der Waals surface area contributed by atoms with Crippen molar-refractivity contribution in [1.29, 1.82) is 0 Å². The molecule has 29 heavy (non-hydrogen) atoms. The molecule has 0 aliphatic carbocycles. The van der Waals surface area contributed by atoms with Crippen molar-refractivity contribution in [3.8, 4) is 23.8 Å². The molecule has 0 radical (unpaired) electrons. The first-order valence-electron chi connectivity index (χ1n) is 9.13. The van der Waals surface area contributed by atoms with E-state index in [1.165, 1.54) is 24.3 Å². The lowest BCUT2D eigenvalue weighted by molar-refractivity contribution is -0.166. The quantitative estimate of drug-likeness (QED) is 0.428. The van der Waals surface area contributed by atoms with Crippen molar-refractivity contribution < 1.29 is 23.2 Å². The average Bonchev–Trinajstić information content (AvgIpc) is 2.75. The van der Waals surface area contributed by atoms with E-state index in [0.717, 1.165) is 0 Å². The highest BCUT2D eigenvalue weighted by atomic mass is 32.2. The molecule has 1 heterocycles. The Hall–Kier alpha value is -2.86. The van der Waals surface area contributed by atoms with Crippen LogP contribution in [0.5, 0.6) is 11.5 Å². The summed E-state index contributed by atoms with van der Waals surface area (Å²) >= 11 is 0. The predicted molar refractivity (Wildman–Crippen MR) is 107 cm³/mol. The van der Waals surface area contributed by atoms with E-state index in [1.54, 1.807) is 12.1 Å². The molecule has 0 aromatic heterocycles. The second kappa shape index (κ2) is 8.66. The van der Waals surface area contributed by atoms with Gasteiger partial charge < -0.3 is 10.1 Å². The van der Waals surface area contributed by atoms with E-state index in [2.05, 4.69) is 11.2 Å². The van der Waals surface area contributed by atoms with Crippen LogP contribution in [0.4, 0.5) is 0 Å². The van der Waals surface area contributed by atoms with Gasteiger partial charge in [-0.2, -0.15) is 0 Å². The largest absolute Gasteiger partial charge is 0.457 e. The lowest BCUT2D eigenvalue weighted by Crippen LogP contribution is -2.58. The second-order valence-corrected chi connectivity index (χ2v) is 8.96. The highest BCUT2D eigenvalue weighted by Gasteiger charge is 2.53. The zero-order valence-electron chi connectivity index (χ0n) is 15.7. The third-order valence-corrected chi connectivity index (χ3v) is 7.41. The van der Waals surface area contributed by atoms with Crippen molar-refractivity contribution in [3.05, 3.63) is 54.6 Å². The summed E-state index contributed by atoms with van der Waals surface area (Å²) < 4.78 is 30.8. The van der Waals surface area contributed by atoms with Gasteiger partial charge >= 0.3 is 0 Å². The van der Waals surface area contributed by atoms with E-state index >= 15 is 0 Å². The lowest BCUT2D eigenvalue weighted by atomic mass is 9.95. The van der Waals surface area contributed by atoms with Crippen molar-refractivity contribution in [2.24, 2.45) is 0 Å². The molecule has 8 heteroatoms. The normalized spacial score (nSPS) is 15.9. The Morgan fingerprint density at radius 1 is 1.10 bits per heavy atom. The molecule has 0 atom stereocenters. The maximum Gasteiger partial charge on any atom is 0.268 e. The van der Waals surface area contributed by atoms with Gasteiger partial charge in [-0.15, -0.1) is 6.42 Å². The van der Waals surface area contributed by atoms with Crippen LogP contribution in [0.2, 0.25) is 0 Å². The van der Waals surface area contributed by atoms with Crippen molar-refractivity contribution >= 4 is 15.7 Å².